The topological polar surface area (TPSA) is 37.3 Å². The standard InChI is InChI=1S/C13H11BrO2S/c14-11-6-7-17-12(11)8-10(13(15)16)9-4-2-1-3-5-9/h1-7,10H,8H2,(H,15,16). The predicted octanol–water partition coefficient (Wildman–Crippen LogP) is 3.92. The second kappa shape index (κ2) is 5.47. The molecule has 1 atom stereocenters. The van der Waals surface area contributed by atoms with Gasteiger partial charge in [0.25, 0.3) is 0 Å². The molecule has 0 spiro atoms. The van der Waals surface area contributed by atoms with Gasteiger partial charge in [-0.3, -0.25) is 4.79 Å². The molecule has 2 rings (SSSR count). The first-order chi connectivity index (χ1) is 8.18. The van der Waals surface area contributed by atoms with Gasteiger partial charge in [-0.05, 0) is 32.9 Å². The van der Waals surface area contributed by atoms with Crippen molar-refractivity contribution in [2.45, 2.75) is 12.3 Å². The maximum Gasteiger partial charge on any atom is 0.311 e. The summed E-state index contributed by atoms with van der Waals surface area (Å²) in [6.07, 6.45) is 0.525. The third kappa shape index (κ3) is 2.96. The van der Waals surface area contributed by atoms with Gasteiger partial charge >= 0.3 is 5.97 Å². The van der Waals surface area contributed by atoms with Crippen molar-refractivity contribution >= 4 is 33.2 Å². The second-order valence-electron chi connectivity index (χ2n) is 3.70. The molecule has 0 saturated heterocycles. The smallest absolute Gasteiger partial charge is 0.311 e. The van der Waals surface area contributed by atoms with Crippen LogP contribution >= 0.6 is 27.3 Å². The number of thiophene rings is 1. The lowest BCUT2D eigenvalue weighted by Crippen LogP contribution is -2.13. The molecule has 0 aliphatic heterocycles. The Morgan fingerprint density at radius 1 is 1.29 bits per heavy atom. The molecule has 1 aromatic carbocycles. The molecule has 0 fully saturated rings. The molecule has 0 amide bonds. The minimum absolute atomic E-state index is 0.480. The molecule has 0 aliphatic carbocycles. The van der Waals surface area contributed by atoms with Crippen molar-refractivity contribution in [3.8, 4) is 0 Å². The average molecular weight is 311 g/mol. The zero-order chi connectivity index (χ0) is 12.3. The van der Waals surface area contributed by atoms with Crippen molar-refractivity contribution < 1.29 is 9.90 Å². The third-order valence-electron chi connectivity index (χ3n) is 2.58. The van der Waals surface area contributed by atoms with E-state index in [1.165, 1.54) is 0 Å². The van der Waals surface area contributed by atoms with E-state index in [2.05, 4.69) is 15.9 Å². The van der Waals surface area contributed by atoms with E-state index in [9.17, 15) is 9.90 Å². The van der Waals surface area contributed by atoms with E-state index in [0.29, 0.717) is 6.42 Å². The summed E-state index contributed by atoms with van der Waals surface area (Å²) in [5.41, 5.74) is 0.848. The van der Waals surface area contributed by atoms with Crippen molar-refractivity contribution in [3.63, 3.8) is 0 Å². The fourth-order valence-corrected chi connectivity index (χ4v) is 3.25. The normalized spacial score (nSPS) is 12.3. The minimum Gasteiger partial charge on any atom is -0.481 e. The van der Waals surface area contributed by atoms with Gasteiger partial charge in [-0.25, -0.2) is 0 Å². The van der Waals surface area contributed by atoms with Gasteiger partial charge in [-0.2, -0.15) is 0 Å². The van der Waals surface area contributed by atoms with Crippen LogP contribution in [0.2, 0.25) is 0 Å². The number of carbonyl (C=O) groups is 1. The quantitative estimate of drug-likeness (QED) is 0.929. The van der Waals surface area contributed by atoms with Gasteiger partial charge in [-0.1, -0.05) is 30.3 Å². The Bertz CT molecular complexity index is 507. The number of carboxylic acid groups (broad SMARTS) is 1. The van der Waals surface area contributed by atoms with E-state index in [4.69, 9.17) is 0 Å². The van der Waals surface area contributed by atoms with Gasteiger partial charge in [0.15, 0.2) is 0 Å². The van der Waals surface area contributed by atoms with E-state index >= 15 is 0 Å². The second-order valence-corrected chi connectivity index (χ2v) is 5.55. The van der Waals surface area contributed by atoms with Crippen LogP contribution in [-0.4, -0.2) is 11.1 Å². The maximum atomic E-state index is 11.3. The Labute approximate surface area is 112 Å². The van der Waals surface area contributed by atoms with E-state index in [-0.39, 0.29) is 0 Å². The van der Waals surface area contributed by atoms with Crippen molar-refractivity contribution in [1.82, 2.24) is 0 Å². The molecule has 1 heterocycles. The Balaban J connectivity index is 2.26. The van der Waals surface area contributed by atoms with Gasteiger partial charge < -0.3 is 5.11 Å². The summed E-state index contributed by atoms with van der Waals surface area (Å²) in [7, 11) is 0. The lowest BCUT2D eigenvalue weighted by molar-refractivity contribution is -0.138. The first kappa shape index (κ1) is 12.3. The number of aliphatic carboxylic acids is 1. The number of rotatable bonds is 4. The Morgan fingerprint density at radius 2 is 2.00 bits per heavy atom. The van der Waals surface area contributed by atoms with E-state index in [1.54, 1.807) is 11.3 Å². The fourth-order valence-electron chi connectivity index (χ4n) is 1.69. The first-order valence-electron chi connectivity index (χ1n) is 5.18. The molecule has 0 aliphatic rings. The molecule has 2 nitrogen and oxygen atoms in total. The summed E-state index contributed by atoms with van der Waals surface area (Å²) in [4.78, 5) is 12.4. The molecule has 0 saturated carbocycles. The van der Waals surface area contributed by atoms with Crippen LogP contribution in [0.4, 0.5) is 0 Å². The van der Waals surface area contributed by atoms with Crippen LogP contribution in [0, 0.1) is 0 Å². The summed E-state index contributed by atoms with van der Waals surface area (Å²) < 4.78 is 0.990. The van der Waals surface area contributed by atoms with Crippen LogP contribution in [0.3, 0.4) is 0 Å². The summed E-state index contributed by atoms with van der Waals surface area (Å²) in [6.45, 7) is 0. The fraction of sp³-hybridized carbons (Fsp3) is 0.154. The highest BCUT2D eigenvalue weighted by Crippen LogP contribution is 2.29. The van der Waals surface area contributed by atoms with E-state index in [0.717, 1.165) is 14.9 Å². The largest absolute Gasteiger partial charge is 0.481 e. The number of halogens is 1. The summed E-state index contributed by atoms with van der Waals surface area (Å²) in [6, 6.07) is 11.3. The molecule has 4 heteroatoms. The lowest BCUT2D eigenvalue weighted by Gasteiger charge is -2.11. The predicted molar refractivity (Wildman–Crippen MR) is 72.5 cm³/mol. The van der Waals surface area contributed by atoms with Crippen molar-refractivity contribution in [2.75, 3.05) is 0 Å². The monoisotopic (exact) mass is 310 g/mol. The summed E-state index contributed by atoms with van der Waals surface area (Å²) >= 11 is 5.01. The van der Waals surface area contributed by atoms with Crippen LogP contribution in [-0.2, 0) is 11.2 Å². The highest BCUT2D eigenvalue weighted by Gasteiger charge is 2.21. The molecule has 0 bridgehead atoms. The zero-order valence-electron chi connectivity index (χ0n) is 8.97. The number of carboxylic acids is 1. The highest BCUT2D eigenvalue weighted by atomic mass is 79.9. The van der Waals surface area contributed by atoms with E-state index < -0.39 is 11.9 Å². The van der Waals surface area contributed by atoms with Crippen LogP contribution in [0.1, 0.15) is 16.4 Å². The van der Waals surface area contributed by atoms with E-state index in [1.807, 2.05) is 41.8 Å². The average Bonchev–Trinajstić information content (AvgIpc) is 2.72. The summed E-state index contributed by atoms with van der Waals surface area (Å²) in [5, 5.41) is 11.3. The Hall–Kier alpha value is -1.13. The third-order valence-corrected chi connectivity index (χ3v) is 4.53. The lowest BCUT2D eigenvalue weighted by atomic mass is 9.95. The van der Waals surface area contributed by atoms with Gasteiger partial charge in [0.2, 0.25) is 0 Å². The van der Waals surface area contributed by atoms with Gasteiger partial charge in [0.05, 0.1) is 5.92 Å². The van der Waals surface area contributed by atoms with Crippen molar-refractivity contribution in [1.29, 1.82) is 0 Å². The Kier molecular flexibility index (Phi) is 3.97. The number of hydrogen-bond donors (Lipinski definition) is 1. The first-order valence-corrected chi connectivity index (χ1v) is 6.85. The molecular formula is C13H11BrO2S. The Morgan fingerprint density at radius 3 is 2.53 bits per heavy atom. The molecule has 1 unspecified atom stereocenters. The van der Waals surface area contributed by atoms with Crippen LogP contribution in [0.25, 0.3) is 0 Å². The molecule has 88 valence electrons. The molecule has 1 aromatic heterocycles. The van der Waals surface area contributed by atoms with Gasteiger partial charge in [0, 0.05) is 15.8 Å². The van der Waals surface area contributed by atoms with Crippen LogP contribution in [0.5, 0.6) is 0 Å². The molecule has 17 heavy (non-hydrogen) atoms. The van der Waals surface area contributed by atoms with Gasteiger partial charge in [0.1, 0.15) is 0 Å². The molecule has 0 radical (unpaired) electrons. The molecule has 2 aromatic rings. The number of benzene rings is 1. The molecule has 1 N–H and O–H groups in total. The molecular weight excluding hydrogens is 300 g/mol. The van der Waals surface area contributed by atoms with Crippen molar-refractivity contribution in [3.05, 3.63) is 56.7 Å². The maximum absolute atomic E-state index is 11.3. The highest BCUT2D eigenvalue weighted by molar-refractivity contribution is 9.10. The van der Waals surface area contributed by atoms with Gasteiger partial charge in [-0.15, -0.1) is 11.3 Å². The van der Waals surface area contributed by atoms with Crippen LogP contribution < -0.4 is 0 Å². The summed E-state index contributed by atoms with van der Waals surface area (Å²) in [5.74, 6) is -1.26. The van der Waals surface area contributed by atoms with Crippen molar-refractivity contribution in [2.24, 2.45) is 0 Å². The SMILES string of the molecule is O=C(O)C(Cc1sccc1Br)c1ccccc1. The minimum atomic E-state index is -0.781. The van der Waals surface area contributed by atoms with Crippen LogP contribution in [0.15, 0.2) is 46.3 Å². The number of hydrogen-bond acceptors (Lipinski definition) is 2. The zero-order valence-corrected chi connectivity index (χ0v) is 11.4.